The molecule has 0 radical (unpaired) electrons. The quantitative estimate of drug-likeness (QED) is 0.741. The molecule has 2 heterocycles. The monoisotopic (exact) mass is 279 g/mol. The lowest BCUT2D eigenvalue weighted by molar-refractivity contribution is 0.00578. The lowest BCUT2D eigenvalue weighted by atomic mass is 9.81. The number of hydrogen-bond donors (Lipinski definition) is 0. The van der Waals surface area contributed by atoms with E-state index in [9.17, 15) is 4.39 Å². The Morgan fingerprint density at radius 2 is 1.60 bits per heavy atom. The van der Waals surface area contributed by atoms with Gasteiger partial charge in [-0.15, -0.1) is 0 Å². The van der Waals surface area contributed by atoms with Gasteiger partial charge in [-0.3, -0.25) is 4.98 Å². The van der Waals surface area contributed by atoms with Gasteiger partial charge in [-0.1, -0.05) is 20.8 Å². The van der Waals surface area contributed by atoms with Crippen LogP contribution in [-0.4, -0.2) is 23.3 Å². The smallest absolute Gasteiger partial charge is 0.398 e. The predicted octanol–water partition coefficient (Wildman–Crippen LogP) is 2.82. The second-order valence-corrected chi connectivity index (χ2v) is 7.43. The first-order valence-corrected chi connectivity index (χ1v) is 6.96. The third-order valence-corrected chi connectivity index (χ3v) is 4.21. The molecular formula is C15H23BFNO2. The van der Waals surface area contributed by atoms with Crippen LogP contribution in [0.3, 0.4) is 0 Å². The lowest BCUT2D eigenvalue weighted by Gasteiger charge is -2.32. The molecule has 0 unspecified atom stereocenters. The highest BCUT2D eigenvalue weighted by Gasteiger charge is 2.53. The minimum absolute atomic E-state index is 0.137. The van der Waals surface area contributed by atoms with Crippen LogP contribution in [0.15, 0.2) is 12.3 Å². The fraction of sp³-hybridized carbons (Fsp3) is 0.667. The highest BCUT2D eigenvalue weighted by atomic mass is 19.1. The molecule has 1 aliphatic rings. The standard InChI is InChI=1S/C15H23BFNO2/c1-13(2,3)10-8-11(17)12(18-9-10)16-19-14(4,5)15(6,7)20-16/h8-9H,1-7H3. The van der Waals surface area contributed by atoms with E-state index in [2.05, 4.69) is 4.98 Å². The van der Waals surface area contributed by atoms with Crippen LogP contribution in [0, 0.1) is 5.82 Å². The minimum Gasteiger partial charge on any atom is -0.398 e. The maximum atomic E-state index is 14.3. The third-order valence-electron chi connectivity index (χ3n) is 4.21. The number of hydrogen-bond acceptors (Lipinski definition) is 3. The average Bonchev–Trinajstić information content (AvgIpc) is 2.46. The van der Waals surface area contributed by atoms with Crippen molar-refractivity contribution in [3.8, 4) is 0 Å². The molecule has 20 heavy (non-hydrogen) atoms. The summed E-state index contributed by atoms with van der Waals surface area (Å²) >= 11 is 0. The topological polar surface area (TPSA) is 31.4 Å². The lowest BCUT2D eigenvalue weighted by Crippen LogP contribution is -2.41. The molecule has 2 rings (SSSR count). The van der Waals surface area contributed by atoms with Crippen LogP contribution in [0.1, 0.15) is 54.0 Å². The van der Waals surface area contributed by atoms with Gasteiger partial charge in [-0.25, -0.2) is 4.39 Å². The van der Waals surface area contributed by atoms with E-state index in [1.54, 1.807) is 6.20 Å². The van der Waals surface area contributed by atoms with Gasteiger partial charge in [-0.05, 0) is 44.7 Å². The van der Waals surface area contributed by atoms with Crippen LogP contribution >= 0.6 is 0 Å². The van der Waals surface area contributed by atoms with Gasteiger partial charge in [0, 0.05) is 6.20 Å². The normalized spacial score (nSPS) is 21.3. The SMILES string of the molecule is CC(C)(C)c1cnc(B2OC(C)(C)C(C)(C)O2)c(F)c1. The molecule has 3 nitrogen and oxygen atoms in total. The van der Waals surface area contributed by atoms with E-state index in [-0.39, 0.29) is 16.8 Å². The van der Waals surface area contributed by atoms with Crippen LogP contribution in [0.5, 0.6) is 0 Å². The molecule has 0 saturated carbocycles. The van der Waals surface area contributed by atoms with Gasteiger partial charge in [-0.2, -0.15) is 0 Å². The van der Waals surface area contributed by atoms with Crippen molar-refractivity contribution in [1.82, 2.24) is 4.98 Å². The summed E-state index contributed by atoms with van der Waals surface area (Å²) < 4.78 is 26.0. The molecule has 0 aromatic carbocycles. The van der Waals surface area contributed by atoms with E-state index in [4.69, 9.17) is 9.31 Å². The Labute approximate surface area is 121 Å². The van der Waals surface area contributed by atoms with Crippen molar-refractivity contribution in [3.63, 3.8) is 0 Å². The first kappa shape index (κ1) is 15.5. The highest BCUT2D eigenvalue weighted by molar-refractivity contribution is 6.61. The number of pyridine rings is 1. The zero-order chi connectivity index (χ0) is 15.3. The molecule has 1 aromatic heterocycles. The second kappa shape index (κ2) is 4.53. The Morgan fingerprint density at radius 1 is 1.10 bits per heavy atom. The zero-order valence-corrected chi connectivity index (χ0v) is 13.4. The Hall–Kier alpha value is -0.935. The minimum atomic E-state index is -0.756. The van der Waals surface area contributed by atoms with E-state index in [0.717, 1.165) is 5.56 Å². The van der Waals surface area contributed by atoms with Crippen molar-refractivity contribution in [2.24, 2.45) is 0 Å². The fourth-order valence-corrected chi connectivity index (χ4v) is 1.99. The van der Waals surface area contributed by atoms with Crippen molar-refractivity contribution in [3.05, 3.63) is 23.6 Å². The van der Waals surface area contributed by atoms with Gasteiger partial charge in [0.15, 0.2) is 0 Å². The Balaban J connectivity index is 2.33. The maximum absolute atomic E-state index is 14.3. The molecule has 0 bridgehead atoms. The van der Waals surface area contributed by atoms with Crippen LogP contribution in [0.25, 0.3) is 0 Å². The molecule has 1 aliphatic heterocycles. The van der Waals surface area contributed by atoms with E-state index in [1.807, 2.05) is 48.5 Å². The molecule has 0 amide bonds. The van der Waals surface area contributed by atoms with Crippen molar-refractivity contribution < 1.29 is 13.7 Å². The van der Waals surface area contributed by atoms with Gasteiger partial charge >= 0.3 is 7.12 Å². The second-order valence-electron chi connectivity index (χ2n) is 7.43. The molecule has 110 valence electrons. The van der Waals surface area contributed by atoms with Gasteiger partial charge < -0.3 is 9.31 Å². The Kier molecular flexibility index (Phi) is 3.50. The van der Waals surface area contributed by atoms with Crippen molar-refractivity contribution in [1.29, 1.82) is 0 Å². The molecular weight excluding hydrogens is 256 g/mol. The first-order valence-electron chi connectivity index (χ1n) is 6.96. The van der Waals surface area contributed by atoms with E-state index >= 15 is 0 Å². The highest BCUT2D eigenvalue weighted by Crippen LogP contribution is 2.36. The van der Waals surface area contributed by atoms with E-state index in [1.165, 1.54) is 6.07 Å². The van der Waals surface area contributed by atoms with Gasteiger partial charge in [0.25, 0.3) is 0 Å². The van der Waals surface area contributed by atoms with Crippen LogP contribution in [-0.2, 0) is 14.7 Å². The molecule has 0 spiro atoms. The summed E-state index contributed by atoms with van der Waals surface area (Å²) in [5.74, 6) is -0.379. The predicted molar refractivity (Wildman–Crippen MR) is 78.6 cm³/mol. The Morgan fingerprint density at radius 3 is 2.00 bits per heavy atom. The maximum Gasteiger partial charge on any atom is 0.517 e. The summed E-state index contributed by atoms with van der Waals surface area (Å²) in [4.78, 5) is 4.23. The molecule has 0 aliphatic carbocycles. The molecule has 1 fully saturated rings. The summed E-state index contributed by atoms with van der Waals surface area (Å²) in [6.45, 7) is 13.8. The molecule has 5 heteroatoms. The number of rotatable bonds is 1. The summed E-state index contributed by atoms with van der Waals surface area (Å²) in [7, 11) is -0.756. The number of nitrogens with zero attached hydrogens (tertiary/aromatic N) is 1. The van der Waals surface area contributed by atoms with Crippen molar-refractivity contribution >= 4 is 12.7 Å². The van der Waals surface area contributed by atoms with E-state index in [0.29, 0.717) is 0 Å². The van der Waals surface area contributed by atoms with E-state index < -0.39 is 18.3 Å². The summed E-state index contributed by atoms with van der Waals surface area (Å²) in [6, 6.07) is 1.52. The van der Waals surface area contributed by atoms with Crippen LogP contribution in [0.4, 0.5) is 4.39 Å². The fourth-order valence-electron chi connectivity index (χ4n) is 1.99. The largest absolute Gasteiger partial charge is 0.517 e. The van der Waals surface area contributed by atoms with Crippen LogP contribution in [0.2, 0.25) is 0 Å². The van der Waals surface area contributed by atoms with Crippen molar-refractivity contribution in [2.45, 2.75) is 65.1 Å². The van der Waals surface area contributed by atoms with Gasteiger partial charge in [0.1, 0.15) is 11.4 Å². The summed E-state index contributed by atoms with van der Waals surface area (Å²) in [6.07, 6.45) is 1.70. The molecule has 0 atom stereocenters. The molecule has 0 N–H and O–H groups in total. The Bertz CT molecular complexity index is 507. The summed E-state index contributed by atoms with van der Waals surface area (Å²) in [5.41, 5.74) is -0.0439. The van der Waals surface area contributed by atoms with Crippen molar-refractivity contribution in [2.75, 3.05) is 0 Å². The summed E-state index contributed by atoms with van der Waals surface area (Å²) in [5, 5.41) is 0. The third kappa shape index (κ3) is 2.61. The van der Waals surface area contributed by atoms with Crippen LogP contribution < -0.4 is 5.59 Å². The zero-order valence-electron chi connectivity index (χ0n) is 13.4. The molecule has 1 aromatic rings. The van der Waals surface area contributed by atoms with Gasteiger partial charge in [0.2, 0.25) is 0 Å². The number of halogens is 1. The average molecular weight is 279 g/mol. The first-order chi connectivity index (χ1) is 8.94. The molecule has 1 saturated heterocycles. The van der Waals surface area contributed by atoms with Gasteiger partial charge in [0.05, 0.1) is 11.2 Å². The number of aromatic nitrogens is 1.